The lowest BCUT2D eigenvalue weighted by atomic mass is 10.1. The summed E-state index contributed by atoms with van der Waals surface area (Å²) in [5, 5.41) is 3.10. The Morgan fingerprint density at radius 3 is 2.77 bits per heavy atom. The van der Waals surface area contributed by atoms with Crippen molar-refractivity contribution in [1.82, 2.24) is 14.9 Å². The van der Waals surface area contributed by atoms with E-state index in [1.54, 1.807) is 0 Å². The fraction of sp³-hybridized carbons (Fsp3) is 0.615. The van der Waals surface area contributed by atoms with Crippen LogP contribution in [0.5, 0.6) is 0 Å². The van der Waals surface area contributed by atoms with E-state index in [1.165, 1.54) is 19.2 Å². The third kappa shape index (κ3) is 3.01. The van der Waals surface area contributed by atoms with Crippen molar-refractivity contribution in [3.05, 3.63) is 17.9 Å². The zero-order valence-electron chi connectivity index (χ0n) is 12.2. The van der Waals surface area contributed by atoms with Gasteiger partial charge in [-0.1, -0.05) is 0 Å². The number of furan rings is 1. The normalized spacial score (nSPS) is 24.7. The van der Waals surface area contributed by atoms with Gasteiger partial charge in [-0.25, -0.2) is 13.1 Å². The lowest BCUT2D eigenvalue weighted by Crippen LogP contribution is -2.42. The van der Waals surface area contributed by atoms with Crippen LogP contribution >= 0.6 is 12.4 Å². The molecule has 1 amide bonds. The van der Waals surface area contributed by atoms with E-state index in [2.05, 4.69) is 10.0 Å². The highest BCUT2D eigenvalue weighted by Crippen LogP contribution is 2.30. The monoisotopic (exact) mass is 349 g/mol. The molecule has 7 nitrogen and oxygen atoms in total. The molecular formula is C13H20ClN3O4S. The maximum Gasteiger partial charge on any atom is 0.290 e. The topological polar surface area (TPSA) is 91.7 Å². The van der Waals surface area contributed by atoms with Gasteiger partial charge in [-0.3, -0.25) is 4.79 Å². The van der Waals surface area contributed by atoms with Crippen molar-refractivity contribution in [2.75, 3.05) is 20.1 Å². The molecule has 22 heavy (non-hydrogen) atoms. The fourth-order valence-electron chi connectivity index (χ4n) is 3.12. The fourth-order valence-corrected chi connectivity index (χ4v) is 3.77. The number of nitrogens with one attached hydrogen (secondary N) is 2. The van der Waals surface area contributed by atoms with Crippen molar-refractivity contribution < 1.29 is 17.6 Å². The molecule has 1 aromatic rings. The summed E-state index contributed by atoms with van der Waals surface area (Å²) < 4.78 is 30.8. The number of hydrogen-bond donors (Lipinski definition) is 2. The Labute approximate surface area is 135 Å². The van der Waals surface area contributed by atoms with E-state index >= 15 is 0 Å². The van der Waals surface area contributed by atoms with Gasteiger partial charge in [0.2, 0.25) is 5.09 Å². The van der Waals surface area contributed by atoms with Crippen molar-refractivity contribution in [3.8, 4) is 0 Å². The molecule has 0 radical (unpaired) electrons. The Morgan fingerprint density at radius 1 is 1.32 bits per heavy atom. The molecule has 2 unspecified atom stereocenters. The highest BCUT2D eigenvalue weighted by atomic mass is 35.5. The van der Waals surface area contributed by atoms with E-state index < -0.39 is 10.0 Å². The summed E-state index contributed by atoms with van der Waals surface area (Å²) in [5.74, 6) is -0.133. The summed E-state index contributed by atoms with van der Waals surface area (Å²) in [7, 11) is -2.35. The molecule has 0 spiro atoms. The Balaban J connectivity index is 0.00000176. The van der Waals surface area contributed by atoms with Gasteiger partial charge in [-0.05, 0) is 45.0 Å². The molecule has 1 aromatic heterocycles. The van der Waals surface area contributed by atoms with Gasteiger partial charge < -0.3 is 14.6 Å². The van der Waals surface area contributed by atoms with Crippen LogP contribution in [-0.4, -0.2) is 51.4 Å². The van der Waals surface area contributed by atoms with Gasteiger partial charge in [0, 0.05) is 18.6 Å². The molecule has 9 heteroatoms. The van der Waals surface area contributed by atoms with Gasteiger partial charge >= 0.3 is 0 Å². The van der Waals surface area contributed by atoms with E-state index in [0.29, 0.717) is 0 Å². The number of rotatable bonds is 3. The minimum absolute atomic E-state index is 0. The van der Waals surface area contributed by atoms with Crippen molar-refractivity contribution in [1.29, 1.82) is 0 Å². The lowest BCUT2D eigenvalue weighted by Gasteiger charge is -2.26. The third-order valence-electron chi connectivity index (χ3n) is 4.21. The van der Waals surface area contributed by atoms with Gasteiger partial charge in [-0.15, -0.1) is 12.4 Å². The molecule has 2 atom stereocenters. The average Bonchev–Trinajstić information content (AvgIpc) is 3.02. The number of sulfonamides is 1. The largest absolute Gasteiger partial charge is 0.438 e. The average molecular weight is 350 g/mol. The van der Waals surface area contributed by atoms with E-state index in [9.17, 15) is 13.2 Å². The number of halogens is 1. The van der Waals surface area contributed by atoms with Crippen molar-refractivity contribution in [2.24, 2.45) is 0 Å². The van der Waals surface area contributed by atoms with Crippen LogP contribution in [0.1, 0.15) is 29.8 Å². The van der Waals surface area contributed by atoms with Crippen LogP contribution in [0.4, 0.5) is 0 Å². The van der Waals surface area contributed by atoms with Crippen LogP contribution in [-0.2, 0) is 10.0 Å². The summed E-state index contributed by atoms with van der Waals surface area (Å²) in [6, 6.07) is 3.13. The van der Waals surface area contributed by atoms with E-state index in [-0.39, 0.29) is 41.3 Å². The third-order valence-corrected chi connectivity index (χ3v) is 5.50. The highest BCUT2D eigenvalue weighted by molar-refractivity contribution is 7.89. The van der Waals surface area contributed by atoms with Crippen LogP contribution in [0, 0.1) is 0 Å². The predicted molar refractivity (Wildman–Crippen MR) is 82.7 cm³/mol. The second kappa shape index (κ2) is 6.57. The molecule has 2 aliphatic heterocycles. The first-order valence-corrected chi connectivity index (χ1v) is 8.58. The zero-order chi connectivity index (χ0) is 15.0. The van der Waals surface area contributed by atoms with Gasteiger partial charge in [0.1, 0.15) is 0 Å². The van der Waals surface area contributed by atoms with Crippen LogP contribution < -0.4 is 10.0 Å². The predicted octanol–water partition coefficient (Wildman–Crippen LogP) is 0.576. The second-order valence-electron chi connectivity index (χ2n) is 5.42. The molecule has 2 aliphatic rings. The first kappa shape index (κ1) is 17.3. The van der Waals surface area contributed by atoms with E-state index in [0.717, 1.165) is 32.4 Å². The molecule has 0 saturated carbocycles. The quantitative estimate of drug-likeness (QED) is 0.832. The molecule has 0 aromatic carbocycles. The van der Waals surface area contributed by atoms with Gasteiger partial charge in [0.15, 0.2) is 5.76 Å². The Hall–Kier alpha value is -1.09. The van der Waals surface area contributed by atoms with Crippen LogP contribution in [0.3, 0.4) is 0 Å². The number of fused-ring (bicyclic) bond motifs is 2. The summed E-state index contributed by atoms with van der Waals surface area (Å²) >= 11 is 0. The van der Waals surface area contributed by atoms with E-state index in [4.69, 9.17) is 4.42 Å². The maximum atomic E-state index is 12.6. The standard InChI is InChI=1S/C13H19N3O4S.ClH/c1-14-21(18,19)12-5-4-11(20-12)13(17)16-9-2-3-10(16)8-15-7-6-9;/h4-5,9-10,14-15H,2-3,6-8H2,1H3;1H. The van der Waals surface area contributed by atoms with Gasteiger partial charge in [-0.2, -0.15) is 0 Å². The Morgan fingerprint density at radius 2 is 2.05 bits per heavy atom. The summed E-state index contributed by atoms with van der Waals surface area (Å²) in [4.78, 5) is 14.5. The van der Waals surface area contributed by atoms with Crippen LogP contribution in [0.25, 0.3) is 0 Å². The van der Waals surface area contributed by atoms with E-state index in [1.807, 2.05) is 4.90 Å². The van der Waals surface area contributed by atoms with Crippen LogP contribution in [0.2, 0.25) is 0 Å². The summed E-state index contributed by atoms with van der Waals surface area (Å²) in [6.45, 7) is 1.69. The number of amides is 1. The number of nitrogens with zero attached hydrogens (tertiary/aromatic N) is 1. The minimum atomic E-state index is -3.66. The molecule has 2 fully saturated rings. The molecular weight excluding hydrogens is 330 g/mol. The molecule has 124 valence electrons. The molecule has 2 N–H and O–H groups in total. The first-order chi connectivity index (χ1) is 10.0. The smallest absolute Gasteiger partial charge is 0.290 e. The zero-order valence-corrected chi connectivity index (χ0v) is 13.9. The molecule has 2 bridgehead atoms. The highest BCUT2D eigenvalue weighted by Gasteiger charge is 2.39. The minimum Gasteiger partial charge on any atom is -0.438 e. The van der Waals surface area contributed by atoms with Crippen molar-refractivity contribution in [2.45, 2.75) is 36.4 Å². The number of hydrogen-bond acceptors (Lipinski definition) is 5. The first-order valence-electron chi connectivity index (χ1n) is 7.09. The Bertz CT molecular complexity index is 631. The maximum absolute atomic E-state index is 12.6. The second-order valence-corrected chi connectivity index (χ2v) is 7.23. The van der Waals surface area contributed by atoms with Gasteiger partial charge in [0.25, 0.3) is 15.9 Å². The summed E-state index contributed by atoms with van der Waals surface area (Å²) in [5.41, 5.74) is 0. The molecule has 3 rings (SSSR count). The molecule has 3 heterocycles. The summed E-state index contributed by atoms with van der Waals surface area (Å²) in [6.07, 6.45) is 2.90. The van der Waals surface area contributed by atoms with Crippen LogP contribution in [0.15, 0.2) is 21.6 Å². The molecule has 0 aliphatic carbocycles. The van der Waals surface area contributed by atoms with Gasteiger partial charge in [0.05, 0.1) is 0 Å². The van der Waals surface area contributed by atoms with Crippen molar-refractivity contribution >= 4 is 28.3 Å². The SMILES string of the molecule is CNS(=O)(=O)c1ccc(C(=O)N2C3CCNCC2CC3)o1.Cl. The van der Waals surface area contributed by atoms with Crippen molar-refractivity contribution in [3.63, 3.8) is 0 Å². The number of carbonyl (C=O) groups excluding carboxylic acids is 1. The lowest BCUT2D eigenvalue weighted by molar-refractivity contribution is 0.0641. The number of carbonyl (C=O) groups is 1. The Kier molecular flexibility index (Phi) is 5.16. The molecule has 2 saturated heterocycles.